The number of thioether (sulfide) groups is 1. The number of nitrogens with zero attached hydrogens (tertiary/aromatic N) is 2. The molecule has 1 unspecified atom stereocenters. The van der Waals surface area contributed by atoms with Crippen molar-refractivity contribution in [2.45, 2.75) is 5.25 Å². The van der Waals surface area contributed by atoms with Gasteiger partial charge in [0.1, 0.15) is 16.7 Å². The van der Waals surface area contributed by atoms with Gasteiger partial charge in [-0.15, -0.1) is 0 Å². The molecule has 1 atom stereocenters. The lowest BCUT2D eigenvalue weighted by Gasteiger charge is -2.20. The molecule has 2 N–H and O–H groups in total. The average Bonchev–Trinajstić information content (AvgIpc) is 3.09. The van der Waals surface area contributed by atoms with Crippen LogP contribution in [0.15, 0.2) is 95.6 Å². The van der Waals surface area contributed by atoms with E-state index in [1.54, 1.807) is 66.7 Å². The number of carboxylic acids is 1. The van der Waals surface area contributed by atoms with Gasteiger partial charge in [-0.1, -0.05) is 78.5 Å². The highest BCUT2D eigenvalue weighted by Crippen LogP contribution is 2.37. The zero-order chi connectivity index (χ0) is 21.8. The Labute approximate surface area is 183 Å². The summed E-state index contributed by atoms with van der Waals surface area (Å²) in [5.74, 6) is -1.40. The number of carbonyl (C=O) groups excluding carboxylic acids is 1. The second-order valence-electron chi connectivity index (χ2n) is 6.71. The van der Waals surface area contributed by atoms with Crippen molar-refractivity contribution in [2.75, 3.05) is 4.90 Å². The normalized spacial score (nSPS) is 15.7. The van der Waals surface area contributed by atoms with E-state index in [0.29, 0.717) is 16.8 Å². The smallest absolute Gasteiger partial charge is 0.321 e. The minimum atomic E-state index is -1.03. The largest absolute Gasteiger partial charge is 0.507 e. The Morgan fingerprint density at radius 1 is 0.935 bits per heavy atom. The summed E-state index contributed by atoms with van der Waals surface area (Å²) in [6.45, 7) is 0. The van der Waals surface area contributed by atoms with Gasteiger partial charge in [-0.2, -0.15) is 0 Å². The van der Waals surface area contributed by atoms with Crippen molar-refractivity contribution in [3.8, 4) is 5.75 Å². The lowest BCUT2D eigenvalue weighted by molar-refractivity contribution is -0.136. The van der Waals surface area contributed by atoms with Crippen LogP contribution in [0.2, 0.25) is 0 Å². The minimum absolute atomic E-state index is 0.0260. The van der Waals surface area contributed by atoms with Crippen LogP contribution >= 0.6 is 11.8 Å². The van der Waals surface area contributed by atoms with E-state index in [-0.39, 0.29) is 16.6 Å². The summed E-state index contributed by atoms with van der Waals surface area (Å²) in [4.78, 5) is 31.1. The maximum atomic E-state index is 13.2. The van der Waals surface area contributed by atoms with Crippen molar-refractivity contribution in [1.82, 2.24) is 0 Å². The molecule has 3 aromatic rings. The van der Waals surface area contributed by atoms with E-state index in [1.807, 2.05) is 12.1 Å². The molecule has 0 saturated carbocycles. The Morgan fingerprint density at radius 2 is 1.55 bits per heavy atom. The number of anilines is 1. The molecule has 0 aromatic heterocycles. The number of phenolic OH excluding ortho intramolecular Hbond substituents is 1. The van der Waals surface area contributed by atoms with Gasteiger partial charge in [0.25, 0.3) is 5.91 Å². The molecule has 0 fully saturated rings. The predicted molar refractivity (Wildman–Crippen MR) is 122 cm³/mol. The average molecular weight is 430 g/mol. The molecule has 3 aromatic carbocycles. The van der Waals surface area contributed by atoms with E-state index in [2.05, 4.69) is 4.99 Å². The summed E-state index contributed by atoms with van der Waals surface area (Å²) in [6.07, 6.45) is 1.50. The first-order valence-electron chi connectivity index (χ1n) is 9.47. The van der Waals surface area contributed by atoms with Crippen LogP contribution in [0.25, 0.3) is 6.08 Å². The Morgan fingerprint density at radius 3 is 2.19 bits per heavy atom. The Bertz CT molecular complexity index is 1180. The van der Waals surface area contributed by atoms with Crippen molar-refractivity contribution in [1.29, 1.82) is 0 Å². The number of aliphatic imine (C=N–C) groups is 1. The molecule has 1 aliphatic rings. The number of amidine groups is 1. The van der Waals surface area contributed by atoms with Crippen molar-refractivity contribution >= 4 is 40.6 Å². The van der Waals surface area contributed by atoms with Crippen molar-refractivity contribution in [3.05, 3.63) is 102 Å². The third-order valence-corrected chi connectivity index (χ3v) is 5.82. The van der Waals surface area contributed by atoms with Crippen LogP contribution in [0.5, 0.6) is 5.75 Å². The van der Waals surface area contributed by atoms with Crippen molar-refractivity contribution in [2.24, 2.45) is 4.99 Å². The molecule has 0 bridgehead atoms. The summed E-state index contributed by atoms with van der Waals surface area (Å²) in [7, 11) is 0. The summed E-state index contributed by atoms with van der Waals surface area (Å²) < 4.78 is 0. The summed E-state index contributed by atoms with van der Waals surface area (Å²) >= 11 is 0.991. The SMILES string of the molecule is O=C(O)C(SC1=N/C(=C\c2ccccc2O)C(=O)N1c1ccccc1)c1ccccc1. The van der Waals surface area contributed by atoms with Gasteiger partial charge in [-0.3, -0.25) is 14.5 Å². The zero-order valence-corrected chi connectivity index (χ0v) is 17.1. The van der Waals surface area contributed by atoms with Gasteiger partial charge in [-0.25, -0.2) is 4.99 Å². The van der Waals surface area contributed by atoms with E-state index < -0.39 is 17.1 Å². The monoisotopic (exact) mass is 430 g/mol. The van der Waals surface area contributed by atoms with Crippen LogP contribution in [0.3, 0.4) is 0 Å². The number of hydrogen-bond acceptors (Lipinski definition) is 5. The van der Waals surface area contributed by atoms with E-state index in [9.17, 15) is 19.8 Å². The highest BCUT2D eigenvalue weighted by Gasteiger charge is 2.35. The van der Waals surface area contributed by atoms with Gasteiger partial charge in [0.2, 0.25) is 0 Å². The van der Waals surface area contributed by atoms with Gasteiger partial charge in [0, 0.05) is 5.56 Å². The van der Waals surface area contributed by atoms with Crippen LogP contribution in [0, 0.1) is 0 Å². The fourth-order valence-electron chi connectivity index (χ4n) is 3.13. The van der Waals surface area contributed by atoms with Crippen LogP contribution < -0.4 is 4.90 Å². The maximum absolute atomic E-state index is 13.2. The lowest BCUT2D eigenvalue weighted by atomic mass is 10.1. The molecule has 6 nitrogen and oxygen atoms in total. The van der Waals surface area contributed by atoms with Gasteiger partial charge in [0.15, 0.2) is 5.17 Å². The first-order valence-corrected chi connectivity index (χ1v) is 10.3. The topological polar surface area (TPSA) is 90.2 Å². The summed E-state index contributed by atoms with van der Waals surface area (Å²) in [6, 6.07) is 24.4. The first-order chi connectivity index (χ1) is 15.0. The number of carbonyl (C=O) groups is 2. The molecule has 1 heterocycles. The molecule has 0 saturated heterocycles. The molecule has 0 aliphatic carbocycles. The number of aromatic hydroxyl groups is 1. The van der Waals surface area contributed by atoms with Crippen LogP contribution in [-0.4, -0.2) is 27.3 Å². The van der Waals surface area contributed by atoms with E-state index >= 15 is 0 Å². The Balaban J connectivity index is 1.76. The van der Waals surface area contributed by atoms with E-state index in [4.69, 9.17) is 0 Å². The minimum Gasteiger partial charge on any atom is -0.507 e. The first kappa shape index (κ1) is 20.4. The maximum Gasteiger partial charge on any atom is 0.321 e. The standard InChI is InChI=1S/C24H18N2O4S/c27-20-14-8-7-11-17(20)15-19-22(28)26(18-12-5-2-6-13-18)24(25-19)31-21(23(29)30)16-9-3-1-4-10-16/h1-15,21,27H,(H,29,30)/b19-15-. The molecule has 0 radical (unpaired) electrons. The third kappa shape index (κ3) is 4.36. The van der Waals surface area contributed by atoms with Crippen molar-refractivity contribution < 1.29 is 19.8 Å². The number of aliphatic carboxylic acids is 1. The van der Waals surface area contributed by atoms with Gasteiger partial charge in [-0.05, 0) is 29.8 Å². The summed E-state index contributed by atoms with van der Waals surface area (Å²) in [5.41, 5.74) is 1.75. The fourth-order valence-corrected chi connectivity index (χ4v) is 4.18. The van der Waals surface area contributed by atoms with Gasteiger partial charge >= 0.3 is 5.97 Å². The lowest BCUT2D eigenvalue weighted by Crippen LogP contribution is -2.31. The molecule has 31 heavy (non-hydrogen) atoms. The molecule has 0 spiro atoms. The van der Waals surface area contributed by atoms with Gasteiger partial charge < -0.3 is 10.2 Å². The molecule has 1 amide bonds. The molecule has 4 rings (SSSR count). The molecular weight excluding hydrogens is 412 g/mol. The molecule has 154 valence electrons. The fraction of sp³-hybridized carbons (Fsp3) is 0.0417. The molecule has 7 heteroatoms. The molecular formula is C24H18N2O4S. The zero-order valence-electron chi connectivity index (χ0n) is 16.3. The number of phenols is 1. The molecule has 1 aliphatic heterocycles. The summed E-state index contributed by atoms with van der Waals surface area (Å²) in [5, 5.41) is 19.2. The number of rotatable bonds is 5. The highest BCUT2D eigenvalue weighted by molar-refractivity contribution is 8.15. The number of para-hydroxylation sites is 2. The highest BCUT2D eigenvalue weighted by atomic mass is 32.2. The van der Waals surface area contributed by atoms with E-state index in [0.717, 1.165) is 11.8 Å². The van der Waals surface area contributed by atoms with E-state index in [1.165, 1.54) is 17.0 Å². The van der Waals surface area contributed by atoms with Crippen LogP contribution in [0.1, 0.15) is 16.4 Å². The Kier molecular flexibility index (Phi) is 5.86. The third-order valence-electron chi connectivity index (χ3n) is 4.62. The van der Waals surface area contributed by atoms with Gasteiger partial charge in [0.05, 0.1) is 5.69 Å². The van der Waals surface area contributed by atoms with Crippen LogP contribution in [-0.2, 0) is 9.59 Å². The predicted octanol–water partition coefficient (Wildman–Crippen LogP) is 4.70. The second kappa shape index (κ2) is 8.89. The quantitative estimate of drug-likeness (QED) is 0.573. The number of hydrogen-bond donors (Lipinski definition) is 2. The van der Waals surface area contributed by atoms with Crippen molar-refractivity contribution in [3.63, 3.8) is 0 Å². The van der Waals surface area contributed by atoms with Crippen LogP contribution in [0.4, 0.5) is 5.69 Å². The Hall–Kier alpha value is -3.84. The number of carboxylic acid groups (broad SMARTS) is 1. The number of benzene rings is 3. The number of amides is 1. The second-order valence-corrected chi connectivity index (χ2v) is 7.78.